The molecule has 1 saturated heterocycles. The van der Waals surface area contributed by atoms with Crippen molar-refractivity contribution in [3.05, 3.63) is 39.1 Å². The zero-order chi connectivity index (χ0) is 15.8. The molecule has 1 amide bonds. The predicted molar refractivity (Wildman–Crippen MR) is 89.5 cm³/mol. The van der Waals surface area contributed by atoms with Crippen molar-refractivity contribution in [1.29, 1.82) is 0 Å². The second-order valence-electron chi connectivity index (χ2n) is 5.70. The average Bonchev–Trinajstić information content (AvgIpc) is 3.23. The Balaban J connectivity index is 1.51. The monoisotopic (exact) mass is 328 g/mol. The van der Waals surface area contributed by atoms with E-state index >= 15 is 0 Å². The van der Waals surface area contributed by atoms with E-state index in [0.717, 1.165) is 53.2 Å². The first-order valence-corrected chi connectivity index (χ1v) is 8.51. The van der Waals surface area contributed by atoms with Gasteiger partial charge in [0.1, 0.15) is 0 Å². The molecule has 118 valence electrons. The molecule has 0 unspecified atom stereocenters. The molecule has 0 saturated carbocycles. The number of hydrogen-bond acceptors (Lipinski definition) is 4. The Hall–Kier alpha value is -2.41. The molecular weight excluding hydrogens is 312 g/mol. The summed E-state index contributed by atoms with van der Waals surface area (Å²) in [5.41, 5.74) is 3.26. The summed E-state index contributed by atoms with van der Waals surface area (Å²) < 4.78 is 0. The predicted octanol–water partition coefficient (Wildman–Crippen LogP) is 2.14. The van der Waals surface area contributed by atoms with Crippen LogP contribution in [0.3, 0.4) is 0 Å². The Kier molecular flexibility index (Phi) is 3.49. The molecule has 7 heteroatoms. The summed E-state index contributed by atoms with van der Waals surface area (Å²) >= 11 is 1.61. The fourth-order valence-electron chi connectivity index (χ4n) is 2.92. The maximum absolute atomic E-state index is 11.6. The van der Waals surface area contributed by atoms with Crippen molar-refractivity contribution < 1.29 is 4.79 Å². The zero-order valence-corrected chi connectivity index (χ0v) is 13.3. The van der Waals surface area contributed by atoms with Gasteiger partial charge in [-0.25, -0.2) is 9.78 Å². The van der Waals surface area contributed by atoms with Gasteiger partial charge in [0.15, 0.2) is 0 Å². The van der Waals surface area contributed by atoms with Crippen LogP contribution in [0.4, 0.5) is 0 Å². The van der Waals surface area contributed by atoms with Crippen molar-refractivity contribution in [1.82, 2.24) is 19.9 Å². The lowest BCUT2D eigenvalue weighted by molar-refractivity contribution is -0.127. The number of likely N-dealkylation sites (tertiary alicyclic amines) is 1. The minimum atomic E-state index is -0.202. The van der Waals surface area contributed by atoms with Gasteiger partial charge in [0.25, 0.3) is 0 Å². The minimum Gasteiger partial charge on any atom is -0.342 e. The number of benzene rings is 1. The number of carbonyl (C=O) groups is 1. The standard InChI is InChI=1S/C16H16N4O2S/c21-15-2-1-6-20(15)7-5-14-17-13(9-23-14)10-3-4-11-12(8-10)19-16(22)18-11/h3-4,8-9H,1-2,5-7H2,(H2,18,19,22). The second-order valence-corrected chi connectivity index (χ2v) is 6.64. The highest BCUT2D eigenvalue weighted by molar-refractivity contribution is 7.09. The molecule has 0 bridgehead atoms. The Morgan fingerprint density at radius 3 is 2.91 bits per heavy atom. The van der Waals surface area contributed by atoms with Crippen LogP contribution in [0.1, 0.15) is 17.8 Å². The number of fused-ring (bicyclic) bond motifs is 1. The molecule has 0 atom stereocenters. The van der Waals surface area contributed by atoms with Crippen molar-refractivity contribution in [2.45, 2.75) is 19.3 Å². The molecule has 1 fully saturated rings. The van der Waals surface area contributed by atoms with E-state index in [1.807, 2.05) is 28.5 Å². The fourth-order valence-corrected chi connectivity index (χ4v) is 3.72. The lowest BCUT2D eigenvalue weighted by Crippen LogP contribution is -2.26. The maximum atomic E-state index is 11.6. The number of aromatic nitrogens is 3. The summed E-state index contributed by atoms with van der Waals surface area (Å²) in [4.78, 5) is 35.0. The smallest absolute Gasteiger partial charge is 0.323 e. The van der Waals surface area contributed by atoms with E-state index in [1.165, 1.54) is 0 Å². The average molecular weight is 328 g/mol. The lowest BCUT2D eigenvalue weighted by atomic mass is 10.1. The Morgan fingerprint density at radius 1 is 1.22 bits per heavy atom. The fraction of sp³-hybridized carbons (Fsp3) is 0.312. The Morgan fingerprint density at radius 2 is 2.09 bits per heavy atom. The molecule has 2 aromatic heterocycles. The van der Waals surface area contributed by atoms with Gasteiger partial charge in [0.05, 0.1) is 21.7 Å². The summed E-state index contributed by atoms with van der Waals surface area (Å²) in [6, 6.07) is 5.76. The topological polar surface area (TPSA) is 81.8 Å². The number of thiazole rings is 1. The number of hydrogen-bond donors (Lipinski definition) is 2. The van der Waals surface area contributed by atoms with E-state index in [0.29, 0.717) is 6.42 Å². The van der Waals surface area contributed by atoms with Crippen LogP contribution in [0.15, 0.2) is 28.4 Å². The summed E-state index contributed by atoms with van der Waals surface area (Å²) in [5.74, 6) is 0.253. The molecule has 1 aromatic carbocycles. The first-order valence-electron chi connectivity index (χ1n) is 7.64. The van der Waals surface area contributed by atoms with Gasteiger partial charge in [-0.2, -0.15) is 0 Å². The highest BCUT2D eigenvalue weighted by atomic mass is 32.1. The maximum Gasteiger partial charge on any atom is 0.323 e. The summed E-state index contributed by atoms with van der Waals surface area (Å²) in [6.07, 6.45) is 2.44. The van der Waals surface area contributed by atoms with E-state index in [1.54, 1.807) is 11.3 Å². The highest BCUT2D eigenvalue weighted by Gasteiger charge is 2.19. The highest BCUT2D eigenvalue weighted by Crippen LogP contribution is 2.24. The summed E-state index contributed by atoms with van der Waals surface area (Å²) in [7, 11) is 0. The van der Waals surface area contributed by atoms with Crippen molar-refractivity contribution in [3.63, 3.8) is 0 Å². The van der Waals surface area contributed by atoms with Crippen molar-refractivity contribution >= 4 is 28.3 Å². The zero-order valence-electron chi connectivity index (χ0n) is 12.5. The van der Waals surface area contributed by atoms with Gasteiger partial charge < -0.3 is 14.9 Å². The Labute approximate surface area is 136 Å². The first kappa shape index (κ1) is 14.2. The van der Waals surface area contributed by atoms with E-state index in [9.17, 15) is 9.59 Å². The number of aromatic amines is 2. The van der Waals surface area contributed by atoms with E-state index in [2.05, 4.69) is 15.0 Å². The van der Waals surface area contributed by atoms with Gasteiger partial charge in [-0.3, -0.25) is 4.79 Å². The quantitative estimate of drug-likeness (QED) is 0.770. The first-order chi connectivity index (χ1) is 11.2. The second kappa shape index (κ2) is 5.66. The van der Waals surface area contributed by atoms with Gasteiger partial charge in [-0.1, -0.05) is 6.07 Å². The third kappa shape index (κ3) is 2.79. The number of nitrogens with zero attached hydrogens (tertiary/aromatic N) is 2. The van der Waals surface area contributed by atoms with Crippen molar-refractivity contribution in [2.75, 3.05) is 13.1 Å². The number of amides is 1. The van der Waals surface area contributed by atoms with Crippen LogP contribution < -0.4 is 5.69 Å². The van der Waals surface area contributed by atoms with Gasteiger partial charge in [-0.05, 0) is 18.6 Å². The largest absolute Gasteiger partial charge is 0.342 e. The minimum absolute atomic E-state index is 0.202. The van der Waals surface area contributed by atoms with Crippen LogP contribution in [0.5, 0.6) is 0 Å². The van der Waals surface area contributed by atoms with E-state index < -0.39 is 0 Å². The molecule has 6 nitrogen and oxygen atoms in total. The molecule has 2 N–H and O–H groups in total. The molecule has 0 spiro atoms. The molecule has 4 rings (SSSR count). The SMILES string of the molecule is O=C1CCCN1CCc1nc(-c2ccc3[nH]c(=O)[nH]c3c2)cs1. The van der Waals surface area contributed by atoms with Gasteiger partial charge in [-0.15, -0.1) is 11.3 Å². The molecule has 3 heterocycles. The third-order valence-corrected chi connectivity index (χ3v) is 5.04. The van der Waals surface area contributed by atoms with Gasteiger partial charge in [0, 0.05) is 36.9 Å². The molecule has 0 aliphatic carbocycles. The summed E-state index contributed by atoms with van der Waals surface area (Å²) in [6.45, 7) is 1.62. The van der Waals surface area contributed by atoms with Crippen LogP contribution >= 0.6 is 11.3 Å². The van der Waals surface area contributed by atoms with Crippen LogP contribution in [-0.2, 0) is 11.2 Å². The van der Waals surface area contributed by atoms with Gasteiger partial charge >= 0.3 is 5.69 Å². The van der Waals surface area contributed by atoms with E-state index in [-0.39, 0.29) is 11.6 Å². The third-order valence-electron chi connectivity index (χ3n) is 4.13. The van der Waals surface area contributed by atoms with Crippen molar-refractivity contribution in [2.24, 2.45) is 0 Å². The van der Waals surface area contributed by atoms with Crippen LogP contribution in [0, 0.1) is 0 Å². The Bertz CT molecular complexity index is 923. The lowest BCUT2D eigenvalue weighted by Gasteiger charge is -2.13. The molecular formula is C16H16N4O2S. The number of imidazole rings is 1. The van der Waals surface area contributed by atoms with Crippen LogP contribution in [0.2, 0.25) is 0 Å². The van der Waals surface area contributed by atoms with Gasteiger partial charge in [0.2, 0.25) is 5.91 Å². The number of carbonyl (C=O) groups excluding carboxylic acids is 1. The normalized spacial score (nSPS) is 15.0. The summed E-state index contributed by atoms with van der Waals surface area (Å²) in [5, 5.41) is 3.05. The molecule has 1 aliphatic rings. The number of nitrogens with one attached hydrogen (secondary N) is 2. The van der Waals surface area contributed by atoms with Crippen LogP contribution in [0.25, 0.3) is 22.3 Å². The molecule has 3 aromatic rings. The molecule has 0 radical (unpaired) electrons. The molecule has 1 aliphatic heterocycles. The number of rotatable bonds is 4. The molecule has 23 heavy (non-hydrogen) atoms. The van der Waals surface area contributed by atoms with E-state index in [4.69, 9.17) is 0 Å². The number of H-pyrrole nitrogens is 2. The van der Waals surface area contributed by atoms with Crippen LogP contribution in [-0.4, -0.2) is 38.8 Å². The van der Waals surface area contributed by atoms with Crippen molar-refractivity contribution in [3.8, 4) is 11.3 Å².